The lowest BCUT2D eigenvalue weighted by Crippen LogP contribution is -2.11. The molecule has 1 aromatic carbocycles. The Morgan fingerprint density at radius 2 is 2.12 bits per heavy atom. The predicted molar refractivity (Wildman–Crippen MR) is 56.2 cm³/mol. The van der Waals surface area contributed by atoms with Crippen molar-refractivity contribution in [1.29, 1.82) is 0 Å². The van der Waals surface area contributed by atoms with E-state index in [0.717, 1.165) is 12.1 Å². The van der Waals surface area contributed by atoms with Crippen LogP contribution in [0.4, 0.5) is 8.78 Å². The lowest BCUT2D eigenvalue weighted by atomic mass is 10.2. The molecule has 0 aliphatic heterocycles. The fourth-order valence-corrected chi connectivity index (χ4v) is 1.42. The summed E-state index contributed by atoms with van der Waals surface area (Å²) in [6.45, 7) is 0.289. The third kappa shape index (κ3) is 2.47. The van der Waals surface area contributed by atoms with Crippen molar-refractivity contribution < 1.29 is 13.6 Å². The highest BCUT2D eigenvalue weighted by atomic mass is 19.2. The highest BCUT2D eigenvalue weighted by molar-refractivity contribution is 5.90. The minimum Gasteiger partial charge on any atom is -0.364 e. The summed E-state index contributed by atoms with van der Waals surface area (Å²) in [5.41, 5.74) is 5.74. The number of carbonyl (C=O) groups excluding carboxylic acids is 1. The van der Waals surface area contributed by atoms with Crippen LogP contribution < -0.4 is 5.73 Å². The second-order valence-corrected chi connectivity index (χ2v) is 3.54. The Hall–Kier alpha value is -2.24. The molecular weight excluding hydrogens is 228 g/mol. The van der Waals surface area contributed by atoms with Gasteiger partial charge in [-0.15, -0.1) is 0 Å². The van der Waals surface area contributed by atoms with Crippen molar-refractivity contribution in [2.75, 3.05) is 0 Å². The molecule has 6 heteroatoms. The van der Waals surface area contributed by atoms with Gasteiger partial charge in [0.25, 0.3) is 5.91 Å². The number of aromatic nitrogens is 2. The van der Waals surface area contributed by atoms with Crippen LogP contribution in [0.5, 0.6) is 0 Å². The van der Waals surface area contributed by atoms with Crippen LogP contribution >= 0.6 is 0 Å². The zero-order valence-electron chi connectivity index (χ0n) is 8.73. The van der Waals surface area contributed by atoms with Gasteiger partial charge in [-0.2, -0.15) is 0 Å². The number of hydrogen-bond donors (Lipinski definition) is 1. The van der Waals surface area contributed by atoms with Gasteiger partial charge < -0.3 is 10.3 Å². The molecule has 0 aliphatic carbocycles. The number of imidazole rings is 1. The maximum atomic E-state index is 12.9. The first-order chi connectivity index (χ1) is 8.06. The Morgan fingerprint density at radius 3 is 2.71 bits per heavy atom. The third-order valence-electron chi connectivity index (χ3n) is 2.23. The van der Waals surface area contributed by atoms with Crippen molar-refractivity contribution in [3.8, 4) is 0 Å². The Labute approximate surface area is 95.7 Å². The predicted octanol–water partition coefficient (Wildman–Crippen LogP) is 1.31. The lowest BCUT2D eigenvalue weighted by Gasteiger charge is -2.02. The van der Waals surface area contributed by atoms with Crippen LogP contribution in [0.1, 0.15) is 16.1 Å². The van der Waals surface area contributed by atoms with E-state index in [4.69, 9.17) is 5.73 Å². The lowest BCUT2D eigenvalue weighted by molar-refractivity contribution is 0.0996. The van der Waals surface area contributed by atoms with Gasteiger partial charge in [0.2, 0.25) is 0 Å². The average molecular weight is 237 g/mol. The first-order valence-electron chi connectivity index (χ1n) is 4.82. The molecule has 88 valence electrons. The Balaban J connectivity index is 2.19. The maximum Gasteiger partial charge on any atom is 0.268 e. The quantitative estimate of drug-likeness (QED) is 0.874. The van der Waals surface area contributed by atoms with Crippen molar-refractivity contribution in [3.05, 3.63) is 53.6 Å². The average Bonchev–Trinajstić information content (AvgIpc) is 2.72. The normalized spacial score (nSPS) is 10.5. The van der Waals surface area contributed by atoms with E-state index in [9.17, 15) is 13.6 Å². The van der Waals surface area contributed by atoms with Crippen LogP contribution in [0.3, 0.4) is 0 Å². The number of hydrogen-bond acceptors (Lipinski definition) is 2. The van der Waals surface area contributed by atoms with Crippen LogP contribution in [0.2, 0.25) is 0 Å². The van der Waals surface area contributed by atoms with Gasteiger partial charge in [-0.05, 0) is 17.7 Å². The first-order valence-corrected chi connectivity index (χ1v) is 4.82. The van der Waals surface area contributed by atoms with Gasteiger partial charge in [-0.25, -0.2) is 13.8 Å². The number of nitrogens with zero attached hydrogens (tertiary/aromatic N) is 2. The second kappa shape index (κ2) is 4.32. The van der Waals surface area contributed by atoms with E-state index < -0.39 is 17.5 Å². The summed E-state index contributed by atoms with van der Waals surface area (Å²) in [6.07, 6.45) is 2.85. The fourth-order valence-electron chi connectivity index (χ4n) is 1.42. The SMILES string of the molecule is NC(=O)c1cn(Cc2ccc(F)c(F)c2)cn1. The second-order valence-electron chi connectivity index (χ2n) is 3.54. The van der Waals surface area contributed by atoms with E-state index in [1.165, 1.54) is 18.6 Å². The summed E-state index contributed by atoms with van der Waals surface area (Å²) in [5, 5.41) is 0. The molecule has 0 atom stereocenters. The Kier molecular flexibility index (Phi) is 2.86. The van der Waals surface area contributed by atoms with E-state index in [2.05, 4.69) is 4.98 Å². The standard InChI is InChI=1S/C11H9F2N3O/c12-8-2-1-7(3-9(8)13)4-16-5-10(11(14)17)15-6-16/h1-3,5-6H,4H2,(H2,14,17). The molecule has 1 amide bonds. The maximum absolute atomic E-state index is 12.9. The summed E-state index contributed by atoms with van der Waals surface area (Å²) in [5.74, 6) is -2.43. The van der Waals surface area contributed by atoms with Crippen molar-refractivity contribution in [1.82, 2.24) is 9.55 Å². The highest BCUT2D eigenvalue weighted by Gasteiger charge is 2.06. The molecule has 0 bridgehead atoms. The number of nitrogens with two attached hydrogens (primary N) is 1. The van der Waals surface area contributed by atoms with Gasteiger partial charge in [0.1, 0.15) is 5.69 Å². The van der Waals surface area contributed by atoms with Crippen LogP contribution in [0.25, 0.3) is 0 Å². The van der Waals surface area contributed by atoms with Gasteiger partial charge in [-0.1, -0.05) is 6.07 Å². The first kappa shape index (κ1) is 11.3. The number of primary amides is 1. The molecule has 2 aromatic rings. The summed E-state index contributed by atoms with van der Waals surface area (Å²) in [7, 11) is 0. The molecule has 1 aromatic heterocycles. The molecule has 4 nitrogen and oxygen atoms in total. The molecule has 0 unspecified atom stereocenters. The van der Waals surface area contributed by atoms with Gasteiger partial charge in [-0.3, -0.25) is 4.79 Å². The molecule has 0 fully saturated rings. The van der Waals surface area contributed by atoms with Gasteiger partial charge in [0.15, 0.2) is 11.6 Å². The summed E-state index contributed by atoms with van der Waals surface area (Å²) >= 11 is 0. The summed E-state index contributed by atoms with van der Waals surface area (Å²) in [4.78, 5) is 14.6. The molecular formula is C11H9F2N3O. The van der Waals surface area contributed by atoms with Crippen molar-refractivity contribution in [3.63, 3.8) is 0 Å². The topological polar surface area (TPSA) is 60.9 Å². The third-order valence-corrected chi connectivity index (χ3v) is 2.23. The minimum absolute atomic E-state index is 0.132. The number of carbonyl (C=O) groups is 1. The zero-order chi connectivity index (χ0) is 12.4. The van der Waals surface area contributed by atoms with Crippen LogP contribution in [0, 0.1) is 11.6 Å². The number of halogens is 2. The van der Waals surface area contributed by atoms with E-state index in [1.807, 2.05) is 0 Å². The van der Waals surface area contributed by atoms with E-state index in [1.54, 1.807) is 4.57 Å². The van der Waals surface area contributed by atoms with Crippen molar-refractivity contribution >= 4 is 5.91 Å². The molecule has 0 saturated carbocycles. The highest BCUT2D eigenvalue weighted by Crippen LogP contribution is 2.10. The van der Waals surface area contributed by atoms with E-state index in [0.29, 0.717) is 5.56 Å². The van der Waals surface area contributed by atoms with Crippen molar-refractivity contribution in [2.45, 2.75) is 6.54 Å². The number of benzene rings is 1. The molecule has 0 saturated heterocycles. The molecule has 2 N–H and O–H groups in total. The number of amides is 1. The summed E-state index contributed by atoms with van der Waals surface area (Å²) < 4.78 is 27.2. The summed E-state index contributed by atoms with van der Waals surface area (Å²) in [6, 6.07) is 3.61. The van der Waals surface area contributed by atoms with Gasteiger partial charge in [0, 0.05) is 12.7 Å². The number of rotatable bonds is 3. The Morgan fingerprint density at radius 1 is 1.35 bits per heavy atom. The van der Waals surface area contributed by atoms with Crippen LogP contribution in [0.15, 0.2) is 30.7 Å². The minimum atomic E-state index is -0.905. The van der Waals surface area contributed by atoms with Gasteiger partial charge >= 0.3 is 0 Å². The molecule has 1 heterocycles. The van der Waals surface area contributed by atoms with Crippen LogP contribution in [-0.2, 0) is 6.54 Å². The van der Waals surface area contributed by atoms with Crippen LogP contribution in [-0.4, -0.2) is 15.5 Å². The molecule has 17 heavy (non-hydrogen) atoms. The molecule has 0 radical (unpaired) electrons. The fraction of sp³-hybridized carbons (Fsp3) is 0.0909. The van der Waals surface area contributed by atoms with E-state index in [-0.39, 0.29) is 12.2 Å². The van der Waals surface area contributed by atoms with Gasteiger partial charge in [0.05, 0.1) is 6.33 Å². The van der Waals surface area contributed by atoms with E-state index >= 15 is 0 Å². The Bertz CT molecular complexity index is 566. The molecule has 2 rings (SSSR count). The zero-order valence-corrected chi connectivity index (χ0v) is 8.73. The smallest absolute Gasteiger partial charge is 0.268 e. The largest absolute Gasteiger partial charge is 0.364 e. The molecule has 0 aliphatic rings. The monoisotopic (exact) mass is 237 g/mol. The molecule has 0 spiro atoms. The van der Waals surface area contributed by atoms with Crippen molar-refractivity contribution in [2.24, 2.45) is 5.73 Å².